The Hall–Kier alpha value is -4.46. The molecule has 1 aromatic heterocycles. The van der Waals surface area contributed by atoms with E-state index in [0.29, 0.717) is 12.0 Å². The van der Waals surface area contributed by atoms with Crippen LogP contribution in [0.2, 0.25) is 5.02 Å². The average Bonchev–Trinajstić information content (AvgIpc) is 4.03. The van der Waals surface area contributed by atoms with E-state index in [2.05, 4.69) is 77.4 Å². The predicted molar refractivity (Wildman–Crippen MR) is 214 cm³/mol. The van der Waals surface area contributed by atoms with Crippen molar-refractivity contribution < 1.29 is 14.2 Å². The molecule has 0 bridgehead atoms. The minimum absolute atomic E-state index is 0.376. The summed E-state index contributed by atoms with van der Waals surface area (Å²) in [5.74, 6) is 3.16. The normalized spacial score (nSPS) is 15.6. The summed E-state index contributed by atoms with van der Waals surface area (Å²) in [6.45, 7) is 5.82. The number of halogens is 1. The highest BCUT2D eigenvalue weighted by Crippen LogP contribution is 2.42. The van der Waals surface area contributed by atoms with E-state index in [1.54, 1.807) is 27.5 Å². The molecular formula is C44H53ClN4O3. The number of benzene rings is 3. The molecule has 4 aromatic rings. The zero-order chi connectivity index (χ0) is 36.5. The third kappa shape index (κ3) is 9.50. The first-order chi connectivity index (χ1) is 25.4. The molecule has 3 aromatic carbocycles. The van der Waals surface area contributed by atoms with Crippen molar-refractivity contribution in [3.63, 3.8) is 0 Å². The van der Waals surface area contributed by atoms with Crippen molar-refractivity contribution in [3.05, 3.63) is 124 Å². The molecule has 2 fully saturated rings. The number of methoxy groups -OCH3 is 3. The Morgan fingerprint density at radius 1 is 0.923 bits per heavy atom. The number of anilines is 1. The van der Waals surface area contributed by atoms with Crippen molar-refractivity contribution in [2.24, 2.45) is 5.73 Å². The third-order valence-corrected chi connectivity index (χ3v) is 10.5. The van der Waals surface area contributed by atoms with Gasteiger partial charge in [-0.2, -0.15) is 0 Å². The zero-order valence-electron chi connectivity index (χ0n) is 31.1. The molecule has 0 amide bonds. The van der Waals surface area contributed by atoms with Gasteiger partial charge in [0.15, 0.2) is 11.5 Å². The molecule has 8 heteroatoms. The molecule has 2 heterocycles. The molecule has 0 unspecified atom stereocenters. The second-order valence-corrected chi connectivity index (χ2v) is 14.4. The van der Waals surface area contributed by atoms with E-state index < -0.39 is 0 Å². The first-order valence-corrected chi connectivity index (χ1v) is 19.0. The Balaban J connectivity index is 1.17. The summed E-state index contributed by atoms with van der Waals surface area (Å²) in [6, 6.07) is 23.9. The molecule has 6 rings (SSSR count). The van der Waals surface area contributed by atoms with Gasteiger partial charge in [-0.1, -0.05) is 37.1 Å². The minimum atomic E-state index is 0.376. The van der Waals surface area contributed by atoms with E-state index in [0.717, 1.165) is 97.4 Å². The molecule has 2 aliphatic rings. The van der Waals surface area contributed by atoms with Crippen LogP contribution in [0.25, 0.3) is 11.3 Å². The lowest BCUT2D eigenvalue weighted by molar-refractivity contribution is 0.224. The molecule has 1 aliphatic heterocycles. The average molecular weight is 721 g/mol. The number of nitrogens with two attached hydrogens (primary N) is 1. The van der Waals surface area contributed by atoms with E-state index in [1.807, 2.05) is 24.4 Å². The van der Waals surface area contributed by atoms with Crippen LogP contribution in [0.3, 0.4) is 0 Å². The van der Waals surface area contributed by atoms with Gasteiger partial charge in [0.05, 0.1) is 27.0 Å². The van der Waals surface area contributed by atoms with Gasteiger partial charge in [-0.25, -0.2) is 0 Å². The SMILES string of the molecule is CCCc1cc(-c2cc(CN(c3ccc(Cl)cc3)C3CCN(CC(/C=C\N)=C/Cc4cc(OC)cc(C5CC5)c4)CC3)ccn2)cc(OC)c1OC. The van der Waals surface area contributed by atoms with Crippen molar-refractivity contribution in [3.8, 4) is 28.5 Å². The molecule has 0 spiro atoms. The van der Waals surface area contributed by atoms with E-state index >= 15 is 0 Å². The van der Waals surface area contributed by atoms with Crippen LogP contribution in [0.4, 0.5) is 5.69 Å². The monoisotopic (exact) mass is 720 g/mol. The second-order valence-electron chi connectivity index (χ2n) is 14.0. The Labute approximate surface area is 315 Å². The maximum atomic E-state index is 6.35. The molecule has 52 heavy (non-hydrogen) atoms. The summed E-state index contributed by atoms with van der Waals surface area (Å²) >= 11 is 6.35. The third-order valence-electron chi connectivity index (χ3n) is 10.3. The highest BCUT2D eigenvalue weighted by molar-refractivity contribution is 6.30. The summed E-state index contributed by atoms with van der Waals surface area (Å²) < 4.78 is 17.1. The van der Waals surface area contributed by atoms with Crippen LogP contribution in [-0.2, 0) is 19.4 Å². The molecule has 1 aliphatic carbocycles. The number of rotatable bonds is 16. The number of ether oxygens (including phenoxy) is 3. The lowest BCUT2D eigenvalue weighted by Gasteiger charge is -2.40. The van der Waals surface area contributed by atoms with Gasteiger partial charge >= 0.3 is 0 Å². The molecule has 2 N–H and O–H groups in total. The lowest BCUT2D eigenvalue weighted by Crippen LogP contribution is -2.45. The standard InChI is InChI=1S/C44H53ClN4O3/c1-5-6-35-26-37(28-43(51-3)44(35)52-4)42-25-33(16-20-47-42)30-49(39-13-11-38(45)12-14-39)40-17-21-48(22-18-40)29-31(15-19-46)7-8-32-23-36(34-9-10-34)27-41(24-32)50-2/h7,11-16,19-20,23-28,34,40H,5-6,8-10,17-18,21-22,29-30,46H2,1-4H3/b19-15-,31-7+. The Morgan fingerprint density at radius 3 is 2.38 bits per heavy atom. The minimum Gasteiger partial charge on any atom is -0.497 e. The Morgan fingerprint density at radius 2 is 1.71 bits per heavy atom. The molecule has 7 nitrogen and oxygen atoms in total. The fourth-order valence-corrected chi connectivity index (χ4v) is 7.54. The molecular weight excluding hydrogens is 668 g/mol. The number of allylic oxidation sites excluding steroid dienone is 1. The van der Waals surface area contributed by atoms with Crippen molar-refractivity contribution >= 4 is 17.3 Å². The van der Waals surface area contributed by atoms with Crippen molar-refractivity contribution in [1.29, 1.82) is 0 Å². The lowest BCUT2D eigenvalue weighted by atomic mass is 9.99. The van der Waals surface area contributed by atoms with Crippen LogP contribution >= 0.6 is 11.6 Å². The highest BCUT2D eigenvalue weighted by Gasteiger charge is 2.27. The van der Waals surface area contributed by atoms with Crippen LogP contribution < -0.4 is 24.8 Å². The Kier molecular flexibility index (Phi) is 12.8. The largest absolute Gasteiger partial charge is 0.497 e. The van der Waals surface area contributed by atoms with Crippen LogP contribution in [0.5, 0.6) is 17.2 Å². The number of hydrogen-bond acceptors (Lipinski definition) is 7. The van der Waals surface area contributed by atoms with Crippen molar-refractivity contribution in [2.75, 3.05) is 45.9 Å². The molecule has 1 saturated heterocycles. The van der Waals surface area contributed by atoms with Crippen LogP contribution in [0.1, 0.15) is 67.2 Å². The predicted octanol–water partition coefficient (Wildman–Crippen LogP) is 9.37. The van der Waals surface area contributed by atoms with E-state index in [1.165, 1.54) is 40.8 Å². The van der Waals surface area contributed by atoms with Gasteiger partial charge < -0.3 is 24.8 Å². The number of nitrogens with zero attached hydrogens (tertiary/aromatic N) is 3. The van der Waals surface area contributed by atoms with Crippen LogP contribution in [0.15, 0.2) is 96.9 Å². The highest BCUT2D eigenvalue weighted by atomic mass is 35.5. The molecule has 0 radical (unpaired) electrons. The summed E-state index contributed by atoms with van der Waals surface area (Å²) in [6.07, 6.45) is 15.4. The first-order valence-electron chi connectivity index (χ1n) is 18.6. The fraction of sp³-hybridized carbons (Fsp3) is 0.386. The fourth-order valence-electron chi connectivity index (χ4n) is 7.42. The van der Waals surface area contributed by atoms with Crippen molar-refractivity contribution in [2.45, 2.75) is 70.4 Å². The van der Waals surface area contributed by atoms with Gasteiger partial charge in [-0.05, 0) is 145 Å². The van der Waals surface area contributed by atoms with E-state index in [-0.39, 0.29) is 0 Å². The quantitative estimate of drug-likeness (QED) is 0.116. The van der Waals surface area contributed by atoms with Gasteiger partial charge in [0.25, 0.3) is 0 Å². The Bertz CT molecular complexity index is 1850. The summed E-state index contributed by atoms with van der Waals surface area (Å²) in [5.41, 5.74) is 15.3. The van der Waals surface area contributed by atoms with Gasteiger partial charge in [0.2, 0.25) is 0 Å². The van der Waals surface area contributed by atoms with Crippen LogP contribution in [0, 0.1) is 0 Å². The maximum absolute atomic E-state index is 6.35. The molecule has 0 atom stereocenters. The number of piperidine rings is 1. The number of likely N-dealkylation sites (tertiary alicyclic amines) is 1. The second kappa shape index (κ2) is 17.8. The van der Waals surface area contributed by atoms with Crippen LogP contribution in [-0.4, -0.2) is 56.9 Å². The summed E-state index contributed by atoms with van der Waals surface area (Å²) in [7, 11) is 5.14. The van der Waals surface area contributed by atoms with E-state index in [4.69, 9.17) is 36.5 Å². The summed E-state index contributed by atoms with van der Waals surface area (Å²) in [4.78, 5) is 9.89. The summed E-state index contributed by atoms with van der Waals surface area (Å²) in [5, 5.41) is 0.742. The molecule has 274 valence electrons. The van der Waals surface area contributed by atoms with E-state index in [9.17, 15) is 0 Å². The number of hydrogen-bond donors (Lipinski definition) is 1. The van der Waals surface area contributed by atoms with Gasteiger partial charge in [0, 0.05) is 54.7 Å². The van der Waals surface area contributed by atoms with Crippen molar-refractivity contribution in [1.82, 2.24) is 9.88 Å². The number of pyridine rings is 1. The number of aryl methyl sites for hydroxylation is 1. The maximum Gasteiger partial charge on any atom is 0.163 e. The van der Waals surface area contributed by atoms with Gasteiger partial charge in [0.1, 0.15) is 5.75 Å². The molecule has 1 saturated carbocycles. The topological polar surface area (TPSA) is 73.1 Å². The van der Waals surface area contributed by atoms with Gasteiger partial charge in [-0.15, -0.1) is 0 Å². The number of aromatic nitrogens is 1. The zero-order valence-corrected chi connectivity index (χ0v) is 31.9. The smallest absolute Gasteiger partial charge is 0.163 e. The van der Waals surface area contributed by atoms with Gasteiger partial charge in [-0.3, -0.25) is 9.88 Å². The first kappa shape index (κ1) is 37.3.